The van der Waals surface area contributed by atoms with Gasteiger partial charge < -0.3 is 16.0 Å². The van der Waals surface area contributed by atoms with Crippen LogP contribution in [0.15, 0.2) is 4.99 Å². The number of nitrogens with two attached hydrogens (primary N) is 1. The second-order valence-corrected chi connectivity index (χ2v) is 3.09. The SMILES string of the molecule is CCCN=C(N)NCCN(C)CC. The molecule has 0 saturated heterocycles. The van der Waals surface area contributed by atoms with E-state index in [0.29, 0.717) is 5.96 Å². The molecule has 0 aliphatic rings. The zero-order chi connectivity index (χ0) is 10.1. The van der Waals surface area contributed by atoms with E-state index < -0.39 is 0 Å². The van der Waals surface area contributed by atoms with Crippen LogP contribution in [0.25, 0.3) is 0 Å². The van der Waals surface area contributed by atoms with E-state index in [0.717, 1.165) is 32.6 Å². The smallest absolute Gasteiger partial charge is 0.188 e. The van der Waals surface area contributed by atoms with Crippen LogP contribution in [0.5, 0.6) is 0 Å². The van der Waals surface area contributed by atoms with E-state index in [2.05, 4.69) is 36.1 Å². The van der Waals surface area contributed by atoms with Gasteiger partial charge in [-0.25, -0.2) is 0 Å². The van der Waals surface area contributed by atoms with Crippen molar-refractivity contribution in [2.75, 3.05) is 33.2 Å². The zero-order valence-corrected chi connectivity index (χ0v) is 9.01. The van der Waals surface area contributed by atoms with Gasteiger partial charge in [-0.3, -0.25) is 4.99 Å². The summed E-state index contributed by atoms with van der Waals surface area (Å²) in [7, 11) is 2.08. The molecule has 78 valence electrons. The first-order valence-corrected chi connectivity index (χ1v) is 4.93. The average Bonchev–Trinajstić information content (AvgIpc) is 2.14. The predicted octanol–water partition coefficient (Wildman–Crippen LogP) is 0.252. The van der Waals surface area contributed by atoms with Gasteiger partial charge in [0.25, 0.3) is 0 Å². The molecule has 0 saturated carbocycles. The van der Waals surface area contributed by atoms with Gasteiger partial charge in [0.05, 0.1) is 0 Å². The zero-order valence-electron chi connectivity index (χ0n) is 9.01. The quantitative estimate of drug-likeness (QED) is 0.462. The molecule has 0 spiro atoms. The topological polar surface area (TPSA) is 53.6 Å². The summed E-state index contributed by atoms with van der Waals surface area (Å²) in [5.41, 5.74) is 5.61. The lowest BCUT2D eigenvalue weighted by atomic mass is 10.5. The van der Waals surface area contributed by atoms with Crippen molar-refractivity contribution in [1.29, 1.82) is 0 Å². The van der Waals surface area contributed by atoms with E-state index in [9.17, 15) is 0 Å². The third kappa shape index (κ3) is 7.59. The molecule has 0 unspecified atom stereocenters. The second-order valence-electron chi connectivity index (χ2n) is 3.09. The number of guanidine groups is 1. The lowest BCUT2D eigenvalue weighted by Crippen LogP contribution is -2.37. The Morgan fingerprint density at radius 2 is 2.15 bits per heavy atom. The standard InChI is InChI=1S/C9H22N4/c1-4-6-11-9(10)12-7-8-13(3)5-2/h4-8H2,1-3H3,(H3,10,11,12). The molecule has 4 nitrogen and oxygen atoms in total. The van der Waals surface area contributed by atoms with Crippen LogP contribution in [0, 0.1) is 0 Å². The van der Waals surface area contributed by atoms with Gasteiger partial charge in [0.15, 0.2) is 5.96 Å². The highest BCUT2D eigenvalue weighted by Crippen LogP contribution is 1.79. The lowest BCUT2D eigenvalue weighted by molar-refractivity contribution is 0.357. The third-order valence-corrected chi connectivity index (χ3v) is 1.85. The van der Waals surface area contributed by atoms with Crippen molar-refractivity contribution >= 4 is 5.96 Å². The Hall–Kier alpha value is -0.770. The van der Waals surface area contributed by atoms with Crippen molar-refractivity contribution in [3.8, 4) is 0 Å². The molecule has 13 heavy (non-hydrogen) atoms. The Morgan fingerprint density at radius 1 is 1.46 bits per heavy atom. The molecule has 0 aromatic rings. The van der Waals surface area contributed by atoms with E-state index in [1.165, 1.54) is 0 Å². The van der Waals surface area contributed by atoms with Crippen molar-refractivity contribution in [3.05, 3.63) is 0 Å². The van der Waals surface area contributed by atoms with Crippen LogP contribution in [0.1, 0.15) is 20.3 Å². The van der Waals surface area contributed by atoms with Crippen LogP contribution in [0.2, 0.25) is 0 Å². The number of rotatable bonds is 6. The van der Waals surface area contributed by atoms with Crippen molar-refractivity contribution in [2.24, 2.45) is 10.7 Å². The number of aliphatic imine (C=N–C) groups is 1. The van der Waals surface area contributed by atoms with E-state index in [-0.39, 0.29) is 0 Å². The Kier molecular flexibility index (Phi) is 7.39. The Bertz CT molecular complexity index is 145. The molecule has 0 radical (unpaired) electrons. The number of hydrogen-bond donors (Lipinski definition) is 2. The van der Waals surface area contributed by atoms with Gasteiger partial charge in [-0.05, 0) is 20.0 Å². The van der Waals surface area contributed by atoms with Crippen molar-refractivity contribution in [1.82, 2.24) is 10.2 Å². The van der Waals surface area contributed by atoms with E-state index >= 15 is 0 Å². The molecule has 0 aromatic heterocycles. The van der Waals surface area contributed by atoms with Crippen LogP contribution in [-0.2, 0) is 0 Å². The number of hydrogen-bond acceptors (Lipinski definition) is 2. The molecule has 0 amide bonds. The Balaban J connectivity index is 3.41. The molecule has 0 aliphatic heterocycles. The average molecular weight is 186 g/mol. The minimum Gasteiger partial charge on any atom is -0.370 e. The summed E-state index contributed by atoms with van der Waals surface area (Å²) in [6, 6.07) is 0. The van der Waals surface area contributed by atoms with Gasteiger partial charge in [0.1, 0.15) is 0 Å². The maximum atomic E-state index is 5.61. The molecule has 0 aromatic carbocycles. The van der Waals surface area contributed by atoms with Gasteiger partial charge >= 0.3 is 0 Å². The summed E-state index contributed by atoms with van der Waals surface area (Å²) in [4.78, 5) is 6.35. The fraction of sp³-hybridized carbons (Fsp3) is 0.889. The van der Waals surface area contributed by atoms with Gasteiger partial charge in [-0.15, -0.1) is 0 Å². The fourth-order valence-corrected chi connectivity index (χ4v) is 0.821. The summed E-state index contributed by atoms with van der Waals surface area (Å²) in [6.07, 6.45) is 1.04. The maximum absolute atomic E-state index is 5.61. The minimum absolute atomic E-state index is 0.561. The summed E-state index contributed by atoms with van der Waals surface area (Å²) in [6.45, 7) is 7.95. The molecule has 0 aliphatic carbocycles. The monoisotopic (exact) mass is 186 g/mol. The Morgan fingerprint density at radius 3 is 2.69 bits per heavy atom. The fourth-order valence-electron chi connectivity index (χ4n) is 0.821. The summed E-state index contributed by atoms with van der Waals surface area (Å²) in [5, 5.41) is 3.07. The maximum Gasteiger partial charge on any atom is 0.188 e. The van der Waals surface area contributed by atoms with Crippen LogP contribution in [-0.4, -0.2) is 44.1 Å². The van der Waals surface area contributed by atoms with Crippen molar-refractivity contribution in [3.63, 3.8) is 0 Å². The van der Waals surface area contributed by atoms with E-state index in [4.69, 9.17) is 5.73 Å². The summed E-state index contributed by atoms with van der Waals surface area (Å²) < 4.78 is 0. The number of likely N-dealkylation sites (N-methyl/N-ethyl adjacent to an activating group) is 1. The lowest BCUT2D eigenvalue weighted by Gasteiger charge is -2.14. The Labute approximate surface area is 81.2 Å². The largest absolute Gasteiger partial charge is 0.370 e. The third-order valence-electron chi connectivity index (χ3n) is 1.85. The molecule has 0 fully saturated rings. The van der Waals surface area contributed by atoms with Crippen LogP contribution >= 0.6 is 0 Å². The molecular formula is C9H22N4. The first-order chi connectivity index (χ1) is 6.20. The molecule has 0 atom stereocenters. The van der Waals surface area contributed by atoms with Gasteiger partial charge in [0.2, 0.25) is 0 Å². The van der Waals surface area contributed by atoms with Gasteiger partial charge in [-0.2, -0.15) is 0 Å². The highest BCUT2D eigenvalue weighted by molar-refractivity contribution is 5.77. The van der Waals surface area contributed by atoms with Crippen LogP contribution in [0.3, 0.4) is 0 Å². The molecule has 0 rings (SSSR count). The number of nitrogens with one attached hydrogen (secondary N) is 1. The van der Waals surface area contributed by atoms with Crippen molar-refractivity contribution < 1.29 is 0 Å². The predicted molar refractivity (Wildman–Crippen MR) is 58.0 cm³/mol. The second kappa shape index (κ2) is 7.86. The first kappa shape index (κ1) is 12.2. The van der Waals surface area contributed by atoms with Gasteiger partial charge in [-0.1, -0.05) is 13.8 Å². The molecule has 0 bridgehead atoms. The molecule has 3 N–H and O–H groups in total. The molecule has 0 heterocycles. The van der Waals surface area contributed by atoms with E-state index in [1.807, 2.05) is 0 Å². The number of nitrogens with zero attached hydrogens (tertiary/aromatic N) is 2. The minimum atomic E-state index is 0.561. The van der Waals surface area contributed by atoms with Gasteiger partial charge in [0, 0.05) is 19.6 Å². The van der Waals surface area contributed by atoms with Crippen LogP contribution in [0.4, 0.5) is 0 Å². The molecule has 4 heteroatoms. The first-order valence-electron chi connectivity index (χ1n) is 4.93. The summed E-state index contributed by atoms with van der Waals surface area (Å²) >= 11 is 0. The normalized spacial score (nSPS) is 12.2. The highest BCUT2D eigenvalue weighted by atomic mass is 15.1. The summed E-state index contributed by atoms with van der Waals surface area (Å²) in [5.74, 6) is 0.561. The van der Waals surface area contributed by atoms with Crippen LogP contribution < -0.4 is 11.1 Å². The highest BCUT2D eigenvalue weighted by Gasteiger charge is 1.94. The molecular weight excluding hydrogens is 164 g/mol. The van der Waals surface area contributed by atoms with Crippen molar-refractivity contribution in [2.45, 2.75) is 20.3 Å². The van der Waals surface area contributed by atoms with E-state index in [1.54, 1.807) is 0 Å².